The van der Waals surface area contributed by atoms with Gasteiger partial charge in [0.1, 0.15) is 0 Å². The molecule has 0 heterocycles. The zero-order valence-electron chi connectivity index (χ0n) is 11.3. The van der Waals surface area contributed by atoms with Crippen molar-refractivity contribution in [2.45, 2.75) is 13.8 Å². The van der Waals surface area contributed by atoms with Gasteiger partial charge < -0.3 is 14.4 Å². The van der Waals surface area contributed by atoms with E-state index in [1.807, 2.05) is 13.8 Å². The van der Waals surface area contributed by atoms with Crippen molar-refractivity contribution in [2.75, 3.05) is 24.3 Å². The van der Waals surface area contributed by atoms with Gasteiger partial charge in [-0.2, -0.15) is 0 Å². The Labute approximate surface area is 133 Å². The number of carbonyl (C=O) groups is 1. The van der Waals surface area contributed by atoms with Crippen LogP contribution in [0.15, 0.2) is 24.3 Å². The number of nitrogens with one attached hydrogen (secondary N) is 1. The van der Waals surface area contributed by atoms with Gasteiger partial charge in [0.15, 0.2) is 0 Å². The second kappa shape index (κ2) is 9.03. The number of hydrogen-bond acceptors (Lipinski definition) is 5. The number of benzene rings is 1. The number of anilines is 1. The molecule has 0 spiro atoms. The maximum absolute atomic E-state index is 11.8. The molecule has 0 saturated carbocycles. The Bertz CT molecular complexity index is 474. The van der Waals surface area contributed by atoms with E-state index in [0.717, 1.165) is 0 Å². The molecule has 0 atom stereocenters. The van der Waals surface area contributed by atoms with E-state index in [0.29, 0.717) is 23.9 Å². The first-order valence-corrected chi connectivity index (χ1v) is 10.7. The quantitative estimate of drug-likeness (QED) is 0.706. The summed E-state index contributed by atoms with van der Waals surface area (Å²) >= 11 is 12.4. The van der Waals surface area contributed by atoms with Crippen LogP contribution in [0.3, 0.4) is 0 Å². The molecule has 1 aromatic rings. The molecule has 1 aromatic carbocycles. The number of carbonyl (C=O) groups excluding carboxylic acids is 1. The van der Waals surface area contributed by atoms with Gasteiger partial charge in [-0.15, -0.1) is 0 Å². The van der Waals surface area contributed by atoms with E-state index in [-0.39, 0.29) is 11.7 Å². The van der Waals surface area contributed by atoms with Crippen LogP contribution < -0.4 is 5.32 Å². The van der Waals surface area contributed by atoms with Crippen molar-refractivity contribution in [3.8, 4) is 0 Å². The number of halogens is 1. The van der Waals surface area contributed by atoms with Crippen molar-refractivity contribution in [1.82, 2.24) is 0 Å². The average molecular weight is 354 g/mol. The first-order chi connectivity index (χ1) is 9.49. The summed E-state index contributed by atoms with van der Waals surface area (Å²) in [4.78, 5) is 11.8. The first kappa shape index (κ1) is 18.0. The number of rotatable bonds is 8. The summed E-state index contributed by atoms with van der Waals surface area (Å²) in [6, 6.07) is 6.92. The fourth-order valence-electron chi connectivity index (χ4n) is 1.30. The molecule has 8 heteroatoms. The molecule has 0 aliphatic rings. The molecular formula is C12H17ClNO3PS2. The summed E-state index contributed by atoms with van der Waals surface area (Å²) in [5.41, 5.74) is -1.72. The fourth-order valence-corrected chi connectivity index (χ4v) is 5.64. The second-order valence-electron chi connectivity index (χ2n) is 3.61. The molecular weight excluding hydrogens is 337 g/mol. The van der Waals surface area contributed by atoms with Crippen LogP contribution in [0.5, 0.6) is 0 Å². The number of amides is 1. The van der Waals surface area contributed by atoms with Gasteiger partial charge in [0.2, 0.25) is 11.6 Å². The predicted octanol–water partition coefficient (Wildman–Crippen LogP) is 4.31. The minimum Gasteiger partial charge on any atom is -0.325 e. The lowest BCUT2D eigenvalue weighted by Gasteiger charge is -2.19. The van der Waals surface area contributed by atoms with Crippen molar-refractivity contribution in [3.05, 3.63) is 29.3 Å². The predicted molar refractivity (Wildman–Crippen MR) is 90.1 cm³/mol. The minimum absolute atomic E-state index is 0.147. The van der Waals surface area contributed by atoms with Crippen LogP contribution >= 0.6 is 28.7 Å². The molecule has 0 aliphatic heterocycles. The van der Waals surface area contributed by atoms with Crippen LogP contribution in [0.25, 0.3) is 0 Å². The van der Waals surface area contributed by atoms with Crippen LogP contribution in [-0.2, 0) is 25.6 Å². The van der Waals surface area contributed by atoms with Gasteiger partial charge in [-0.1, -0.05) is 23.0 Å². The summed E-state index contributed by atoms with van der Waals surface area (Å²) in [5, 5.41) is 3.39. The summed E-state index contributed by atoms with van der Waals surface area (Å²) in [7, 11) is 0. The smallest absolute Gasteiger partial charge is 0.247 e. The van der Waals surface area contributed by atoms with Crippen molar-refractivity contribution in [2.24, 2.45) is 0 Å². The van der Waals surface area contributed by atoms with Gasteiger partial charge in [0.25, 0.3) is 0 Å². The third-order valence-electron chi connectivity index (χ3n) is 2.06. The second-order valence-corrected chi connectivity index (χ2v) is 10.4. The van der Waals surface area contributed by atoms with E-state index >= 15 is 0 Å². The van der Waals surface area contributed by atoms with Crippen LogP contribution in [-0.4, -0.2) is 24.9 Å². The SMILES string of the molecule is CCOP(=S)(OCC)SCC(=O)Nc1ccc(Cl)cc1. The molecule has 0 aliphatic carbocycles. The van der Waals surface area contributed by atoms with Gasteiger partial charge in [0.05, 0.1) is 19.0 Å². The van der Waals surface area contributed by atoms with Gasteiger partial charge in [-0.25, -0.2) is 0 Å². The molecule has 20 heavy (non-hydrogen) atoms. The van der Waals surface area contributed by atoms with E-state index in [1.54, 1.807) is 24.3 Å². The normalized spacial score (nSPS) is 11.3. The molecule has 0 unspecified atom stereocenters. The monoisotopic (exact) mass is 353 g/mol. The van der Waals surface area contributed by atoms with Gasteiger partial charge in [0, 0.05) is 10.7 Å². The Hall–Kier alpha value is -0.100. The summed E-state index contributed by atoms with van der Waals surface area (Å²) in [6.07, 6.45) is 0. The van der Waals surface area contributed by atoms with Gasteiger partial charge >= 0.3 is 0 Å². The molecule has 1 N–H and O–H groups in total. The Morgan fingerprint density at radius 3 is 2.35 bits per heavy atom. The topological polar surface area (TPSA) is 47.6 Å². The summed E-state index contributed by atoms with van der Waals surface area (Å²) in [5.74, 6) is 0.0471. The number of hydrogen-bond donors (Lipinski definition) is 1. The highest BCUT2D eigenvalue weighted by atomic mass is 35.5. The van der Waals surface area contributed by atoms with E-state index in [2.05, 4.69) is 5.32 Å². The van der Waals surface area contributed by atoms with E-state index in [1.165, 1.54) is 11.4 Å². The molecule has 0 fully saturated rings. The lowest BCUT2D eigenvalue weighted by atomic mass is 10.3. The largest absolute Gasteiger partial charge is 0.325 e. The maximum atomic E-state index is 11.8. The van der Waals surface area contributed by atoms with Crippen molar-refractivity contribution in [1.29, 1.82) is 0 Å². The third-order valence-corrected chi connectivity index (χ3v) is 7.71. The molecule has 0 bridgehead atoms. The van der Waals surface area contributed by atoms with Crippen LogP contribution in [0.2, 0.25) is 5.02 Å². The molecule has 4 nitrogen and oxygen atoms in total. The first-order valence-electron chi connectivity index (χ1n) is 6.08. The van der Waals surface area contributed by atoms with Crippen LogP contribution in [0.1, 0.15) is 13.8 Å². The van der Waals surface area contributed by atoms with Gasteiger partial charge in [-0.05, 0) is 49.9 Å². The Kier molecular flexibility index (Phi) is 8.10. The Morgan fingerprint density at radius 2 is 1.85 bits per heavy atom. The van der Waals surface area contributed by atoms with Gasteiger partial charge in [-0.3, -0.25) is 4.79 Å². The molecule has 1 rings (SSSR count). The molecule has 0 aromatic heterocycles. The van der Waals surface area contributed by atoms with E-state index in [4.69, 9.17) is 32.5 Å². The minimum atomic E-state index is -2.42. The highest BCUT2D eigenvalue weighted by molar-refractivity contribution is 8.68. The standard InChI is InChI=1S/C12H17ClNO3PS2/c1-3-16-18(19,17-4-2)20-9-12(15)14-11-7-5-10(13)6-8-11/h5-8H,3-4,9H2,1-2H3,(H,14,15). The third kappa shape index (κ3) is 6.57. The zero-order valence-corrected chi connectivity index (χ0v) is 14.6. The molecule has 1 amide bonds. The highest BCUT2D eigenvalue weighted by Crippen LogP contribution is 2.60. The molecule has 0 saturated heterocycles. The fraction of sp³-hybridized carbons (Fsp3) is 0.417. The van der Waals surface area contributed by atoms with Crippen molar-refractivity contribution >= 4 is 52.1 Å². The summed E-state index contributed by atoms with van der Waals surface area (Å²) in [6.45, 7) is 4.66. The Morgan fingerprint density at radius 1 is 1.30 bits per heavy atom. The van der Waals surface area contributed by atoms with E-state index in [9.17, 15) is 4.79 Å². The van der Waals surface area contributed by atoms with Crippen molar-refractivity contribution in [3.63, 3.8) is 0 Å². The maximum Gasteiger partial charge on any atom is 0.247 e. The van der Waals surface area contributed by atoms with Crippen LogP contribution in [0.4, 0.5) is 5.69 Å². The highest BCUT2D eigenvalue weighted by Gasteiger charge is 2.20. The Balaban J connectivity index is 2.49. The van der Waals surface area contributed by atoms with Crippen LogP contribution in [0, 0.1) is 0 Å². The summed E-state index contributed by atoms with van der Waals surface area (Å²) < 4.78 is 10.9. The zero-order chi connectivity index (χ0) is 15.0. The lowest BCUT2D eigenvalue weighted by Crippen LogP contribution is -2.14. The molecule has 0 radical (unpaired) electrons. The molecule has 112 valence electrons. The van der Waals surface area contributed by atoms with Crippen molar-refractivity contribution < 1.29 is 13.8 Å². The lowest BCUT2D eigenvalue weighted by molar-refractivity contribution is -0.113. The average Bonchev–Trinajstić information content (AvgIpc) is 2.40. The van der Waals surface area contributed by atoms with E-state index < -0.39 is 5.69 Å².